The van der Waals surface area contributed by atoms with E-state index in [1.807, 2.05) is 32.9 Å². The Morgan fingerprint density at radius 2 is 1.69 bits per heavy atom. The van der Waals surface area contributed by atoms with Crippen molar-refractivity contribution < 1.29 is 9.59 Å². The van der Waals surface area contributed by atoms with Gasteiger partial charge in [0.25, 0.3) is 5.91 Å². The van der Waals surface area contributed by atoms with Crippen LogP contribution in [0.15, 0.2) is 41.5 Å². The Morgan fingerprint density at radius 3 is 2.31 bits per heavy atom. The van der Waals surface area contributed by atoms with E-state index in [4.69, 9.17) is 11.6 Å². The standard InChI is InChI=1S/C20H22ClN3O2/c1-12-9-13(2)19(14(3)10-12)22-18(25)11-15(4)23-24-20(26)16-7-5-6-8-17(16)21/h5-10H,11H2,1-4H3,(H,22,25)(H,24,26). The van der Waals surface area contributed by atoms with Crippen LogP contribution in [0.3, 0.4) is 0 Å². The first-order chi connectivity index (χ1) is 12.3. The number of anilines is 1. The van der Waals surface area contributed by atoms with Crippen molar-refractivity contribution in [3.63, 3.8) is 0 Å². The molecule has 0 saturated heterocycles. The molecular weight excluding hydrogens is 350 g/mol. The zero-order valence-electron chi connectivity index (χ0n) is 15.3. The van der Waals surface area contributed by atoms with Gasteiger partial charge in [-0.1, -0.05) is 41.4 Å². The van der Waals surface area contributed by atoms with Crippen LogP contribution in [0, 0.1) is 20.8 Å². The topological polar surface area (TPSA) is 70.6 Å². The van der Waals surface area contributed by atoms with Gasteiger partial charge in [0.15, 0.2) is 0 Å². The van der Waals surface area contributed by atoms with Crippen LogP contribution in [-0.2, 0) is 4.79 Å². The maximum absolute atomic E-state index is 12.3. The molecule has 2 amide bonds. The number of hydrazone groups is 1. The van der Waals surface area contributed by atoms with Crippen molar-refractivity contribution in [2.24, 2.45) is 5.10 Å². The molecule has 0 fully saturated rings. The number of hydrogen-bond donors (Lipinski definition) is 2. The average Bonchev–Trinajstić information content (AvgIpc) is 2.56. The van der Waals surface area contributed by atoms with Crippen LogP contribution in [-0.4, -0.2) is 17.5 Å². The predicted octanol–water partition coefficient (Wildman–Crippen LogP) is 4.40. The third-order valence-electron chi connectivity index (χ3n) is 3.82. The van der Waals surface area contributed by atoms with Gasteiger partial charge in [-0.15, -0.1) is 0 Å². The van der Waals surface area contributed by atoms with Crippen LogP contribution in [0.5, 0.6) is 0 Å². The molecule has 2 N–H and O–H groups in total. The normalized spacial score (nSPS) is 11.2. The number of carbonyl (C=O) groups is 2. The van der Waals surface area contributed by atoms with Gasteiger partial charge in [-0.2, -0.15) is 5.10 Å². The second-order valence-electron chi connectivity index (χ2n) is 6.27. The Labute approximate surface area is 158 Å². The Hall–Kier alpha value is -2.66. The molecule has 0 aliphatic rings. The first-order valence-electron chi connectivity index (χ1n) is 8.23. The quantitative estimate of drug-likeness (QED) is 0.604. The lowest BCUT2D eigenvalue weighted by Crippen LogP contribution is -2.22. The van der Waals surface area contributed by atoms with Gasteiger partial charge in [-0.3, -0.25) is 9.59 Å². The van der Waals surface area contributed by atoms with Crippen molar-refractivity contribution in [2.75, 3.05) is 5.32 Å². The van der Waals surface area contributed by atoms with Crippen molar-refractivity contribution in [1.29, 1.82) is 0 Å². The fourth-order valence-corrected chi connectivity index (χ4v) is 2.91. The first kappa shape index (κ1) is 19.7. The molecule has 0 heterocycles. The molecule has 0 atom stereocenters. The van der Waals surface area contributed by atoms with Gasteiger partial charge in [0, 0.05) is 11.4 Å². The molecule has 6 heteroatoms. The molecular formula is C20H22ClN3O2. The first-order valence-corrected chi connectivity index (χ1v) is 8.61. The van der Waals surface area contributed by atoms with Gasteiger partial charge in [-0.05, 0) is 51.0 Å². The van der Waals surface area contributed by atoms with Crippen LogP contribution in [0.1, 0.15) is 40.4 Å². The third kappa shape index (κ3) is 5.17. The van der Waals surface area contributed by atoms with E-state index in [1.54, 1.807) is 31.2 Å². The number of nitrogens with zero attached hydrogens (tertiary/aromatic N) is 1. The molecule has 0 unspecified atom stereocenters. The minimum absolute atomic E-state index is 0.0789. The van der Waals surface area contributed by atoms with Crippen molar-refractivity contribution in [2.45, 2.75) is 34.1 Å². The average molecular weight is 372 g/mol. The van der Waals surface area contributed by atoms with Crippen molar-refractivity contribution in [3.05, 3.63) is 63.7 Å². The second-order valence-corrected chi connectivity index (χ2v) is 6.67. The van der Waals surface area contributed by atoms with E-state index in [0.717, 1.165) is 22.4 Å². The van der Waals surface area contributed by atoms with Gasteiger partial charge in [0.2, 0.25) is 5.91 Å². The molecule has 0 radical (unpaired) electrons. The third-order valence-corrected chi connectivity index (χ3v) is 4.15. The van der Waals surface area contributed by atoms with Crippen molar-refractivity contribution in [3.8, 4) is 0 Å². The van der Waals surface area contributed by atoms with E-state index in [1.165, 1.54) is 0 Å². The lowest BCUT2D eigenvalue weighted by Gasteiger charge is -2.12. The van der Waals surface area contributed by atoms with Crippen LogP contribution in [0.25, 0.3) is 0 Å². The highest BCUT2D eigenvalue weighted by molar-refractivity contribution is 6.33. The predicted molar refractivity (Wildman–Crippen MR) is 106 cm³/mol. The summed E-state index contributed by atoms with van der Waals surface area (Å²) < 4.78 is 0. The fraction of sp³-hybridized carbons (Fsp3) is 0.250. The second kappa shape index (κ2) is 8.63. The summed E-state index contributed by atoms with van der Waals surface area (Å²) >= 11 is 5.98. The van der Waals surface area contributed by atoms with E-state index in [-0.39, 0.29) is 12.3 Å². The summed E-state index contributed by atoms with van der Waals surface area (Å²) in [5, 5.41) is 7.24. The fourth-order valence-electron chi connectivity index (χ4n) is 2.68. The molecule has 0 saturated carbocycles. The van der Waals surface area contributed by atoms with Crippen LogP contribution in [0.2, 0.25) is 5.02 Å². The molecule has 2 aromatic carbocycles. The van der Waals surface area contributed by atoms with Gasteiger partial charge in [0.05, 0.1) is 17.0 Å². The number of aryl methyl sites for hydroxylation is 3. The summed E-state index contributed by atoms with van der Waals surface area (Å²) in [6.07, 6.45) is 0.0789. The molecule has 5 nitrogen and oxygen atoms in total. The monoisotopic (exact) mass is 371 g/mol. The largest absolute Gasteiger partial charge is 0.325 e. The Balaban J connectivity index is 1.98. The minimum atomic E-state index is -0.416. The van der Waals surface area contributed by atoms with Crippen molar-refractivity contribution in [1.82, 2.24) is 5.43 Å². The molecule has 26 heavy (non-hydrogen) atoms. The summed E-state index contributed by atoms with van der Waals surface area (Å²) in [7, 11) is 0. The molecule has 0 spiro atoms. The Bertz CT molecular complexity index is 852. The molecule has 0 aliphatic heterocycles. The summed E-state index contributed by atoms with van der Waals surface area (Å²) in [5.41, 5.74) is 7.24. The lowest BCUT2D eigenvalue weighted by atomic mass is 10.0. The lowest BCUT2D eigenvalue weighted by molar-refractivity contribution is -0.115. The zero-order chi connectivity index (χ0) is 19.3. The number of amides is 2. The number of hydrogen-bond acceptors (Lipinski definition) is 3. The highest BCUT2D eigenvalue weighted by Gasteiger charge is 2.11. The van der Waals surface area contributed by atoms with Crippen LogP contribution < -0.4 is 10.7 Å². The van der Waals surface area contributed by atoms with E-state index in [2.05, 4.69) is 15.8 Å². The van der Waals surface area contributed by atoms with Crippen LogP contribution in [0.4, 0.5) is 5.69 Å². The van der Waals surface area contributed by atoms with E-state index >= 15 is 0 Å². The zero-order valence-corrected chi connectivity index (χ0v) is 16.1. The molecule has 0 aliphatic carbocycles. The molecule has 2 aromatic rings. The Kier molecular flexibility index (Phi) is 6.52. The van der Waals surface area contributed by atoms with Gasteiger partial charge < -0.3 is 5.32 Å². The summed E-state index contributed by atoms with van der Waals surface area (Å²) in [5.74, 6) is -0.603. The number of nitrogens with one attached hydrogen (secondary N) is 2. The number of carbonyl (C=O) groups excluding carboxylic acids is 2. The number of halogens is 1. The van der Waals surface area contributed by atoms with Gasteiger partial charge in [0.1, 0.15) is 0 Å². The maximum Gasteiger partial charge on any atom is 0.272 e. The van der Waals surface area contributed by atoms with E-state index < -0.39 is 5.91 Å². The molecule has 2 rings (SSSR count). The summed E-state index contributed by atoms with van der Waals surface area (Å²) in [6.45, 7) is 7.62. The Morgan fingerprint density at radius 1 is 1.08 bits per heavy atom. The van der Waals surface area contributed by atoms with Crippen molar-refractivity contribution >= 4 is 34.8 Å². The van der Waals surface area contributed by atoms with Gasteiger partial charge >= 0.3 is 0 Å². The number of rotatable bonds is 5. The smallest absolute Gasteiger partial charge is 0.272 e. The highest BCUT2D eigenvalue weighted by Crippen LogP contribution is 2.22. The summed E-state index contributed by atoms with van der Waals surface area (Å²) in [4.78, 5) is 24.3. The van der Waals surface area contributed by atoms with E-state index in [0.29, 0.717) is 16.3 Å². The van der Waals surface area contributed by atoms with E-state index in [9.17, 15) is 9.59 Å². The number of benzene rings is 2. The van der Waals surface area contributed by atoms with Crippen LogP contribution >= 0.6 is 11.6 Å². The minimum Gasteiger partial charge on any atom is -0.325 e. The maximum atomic E-state index is 12.3. The molecule has 136 valence electrons. The SMILES string of the molecule is CC(CC(=O)Nc1c(C)cc(C)cc1C)=NNC(=O)c1ccccc1Cl. The molecule has 0 aromatic heterocycles. The molecule has 0 bridgehead atoms. The highest BCUT2D eigenvalue weighted by atomic mass is 35.5. The summed E-state index contributed by atoms with van der Waals surface area (Å²) in [6, 6.07) is 10.7. The van der Waals surface area contributed by atoms with Gasteiger partial charge in [-0.25, -0.2) is 5.43 Å².